The summed E-state index contributed by atoms with van der Waals surface area (Å²) >= 11 is 0. The molecule has 1 N–H and O–H groups in total. The van der Waals surface area contributed by atoms with Crippen LogP contribution in [0.15, 0.2) is 12.4 Å². The average molecular weight is 236 g/mol. The first-order valence-electron chi connectivity index (χ1n) is 6.04. The fourth-order valence-corrected chi connectivity index (χ4v) is 2.71. The normalized spacial score (nSPS) is 33.1. The van der Waals surface area contributed by atoms with Crippen LogP contribution in [0.4, 0.5) is 0 Å². The minimum absolute atomic E-state index is 0.0107. The Kier molecular flexibility index (Phi) is 2.72. The van der Waals surface area contributed by atoms with Gasteiger partial charge in [-0.3, -0.25) is 4.79 Å². The molecule has 92 valence electrons. The molecule has 2 saturated heterocycles. The molecule has 0 bridgehead atoms. The molecule has 2 fully saturated rings. The molecule has 2 aliphatic rings. The lowest BCUT2D eigenvalue weighted by Crippen LogP contribution is -2.42. The van der Waals surface area contributed by atoms with Gasteiger partial charge in [-0.25, -0.2) is 4.98 Å². The summed E-state index contributed by atoms with van der Waals surface area (Å²) in [4.78, 5) is 19.1. The van der Waals surface area contributed by atoms with Gasteiger partial charge < -0.3 is 14.5 Å². The highest BCUT2D eigenvalue weighted by atomic mass is 16.6. The second kappa shape index (κ2) is 4.23. The molecule has 0 aliphatic carbocycles. The third-order valence-electron chi connectivity index (χ3n) is 3.66. The summed E-state index contributed by atoms with van der Waals surface area (Å²) in [5.74, 6) is 0.576. The summed E-state index contributed by atoms with van der Waals surface area (Å²) in [6.45, 7) is 2.00. The molecule has 5 heteroatoms. The van der Waals surface area contributed by atoms with Crippen LogP contribution in [0.5, 0.6) is 0 Å². The number of nitrogens with one attached hydrogen (secondary N) is 1. The topological polar surface area (TPSA) is 64.2 Å². The molecule has 5 nitrogen and oxygen atoms in total. The Labute approximate surface area is 99.5 Å². The summed E-state index contributed by atoms with van der Waals surface area (Å²) in [5, 5.41) is 0. The molecular formula is C12H16N2O3. The number of carbonyl (C=O) groups excluding carboxylic acids is 1. The highest BCUT2D eigenvalue weighted by Crippen LogP contribution is 2.36. The number of Topliss-reactive ketones (excluding diaryl/α,β-unsaturated/α-hetero) is 1. The smallest absolute Gasteiger partial charge is 0.201 e. The van der Waals surface area contributed by atoms with E-state index in [1.54, 1.807) is 12.4 Å². The molecule has 1 aromatic rings. The van der Waals surface area contributed by atoms with E-state index >= 15 is 0 Å². The van der Waals surface area contributed by atoms with E-state index in [0.717, 1.165) is 25.9 Å². The second-order valence-electron chi connectivity index (χ2n) is 4.83. The average Bonchev–Trinajstić information content (AvgIpc) is 3.00. The first-order valence-corrected chi connectivity index (χ1v) is 6.04. The zero-order valence-electron chi connectivity index (χ0n) is 9.65. The number of aromatic amines is 1. The third kappa shape index (κ3) is 2.00. The van der Waals surface area contributed by atoms with Crippen LogP contribution in [0.2, 0.25) is 0 Å². The Morgan fingerprint density at radius 2 is 2.47 bits per heavy atom. The molecule has 0 saturated carbocycles. The number of hydrogen-bond donors (Lipinski definition) is 1. The van der Waals surface area contributed by atoms with Gasteiger partial charge in [0, 0.05) is 37.9 Å². The first-order chi connectivity index (χ1) is 8.29. The number of ether oxygens (including phenoxy) is 2. The van der Waals surface area contributed by atoms with Gasteiger partial charge in [-0.05, 0) is 12.8 Å². The quantitative estimate of drug-likeness (QED) is 0.783. The zero-order valence-corrected chi connectivity index (χ0v) is 9.65. The first kappa shape index (κ1) is 10.9. The van der Waals surface area contributed by atoms with Crippen molar-refractivity contribution < 1.29 is 14.3 Å². The Balaban J connectivity index is 1.73. The van der Waals surface area contributed by atoms with Crippen molar-refractivity contribution in [3.8, 4) is 0 Å². The van der Waals surface area contributed by atoms with Crippen LogP contribution < -0.4 is 0 Å². The molecule has 17 heavy (non-hydrogen) atoms. The van der Waals surface area contributed by atoms with Crippen LogP contribution in [0, 0.1) is 5.92 Å². The highest BCUT2D eigenvalue weighted by Gasteiger charge is 2.43. The van der Waals surface area contributed by atoms with Gasteiger partial charge in [-0.1, -0.05) is 0 Å². The van der Waals surface area contributed by atoms with E-state index in [1.807, 2.05) is 0 Å². The monoisotopic (exact) mass is 236 g/mol. The van der Waals surface area contributed by atoms with Crippen molar-refractivity contribution in [2.45, 2.75) is 24.9 Å². The highest BCUT2D eigenvalue weighted by molar-refractivity contribution is 5.94. The standard InChI is InChI=1S/C12H16N2O3/c15-10(11-13-3-4-14-11)9-1-5-17-12(7-9)2-6-16-8-12/h3-4,9H,1-2,5-8H2,(H,13,14). The van der Waals surface area contributed by atoms with E-state index in [0.29, 0.717) is 19.0 Å². The van der Waals surface area contributed by atoms with Crippen LogP contribution >= 0.6 is 0 Å². The summed E-state index contributed by atoms with van der Waals surface area (Å²) in [7, 11) is 0. The number of aromatic nitrogens is 2. The maximum absolute atomic E-state index is 12.2. The molecular weight excluding hydrogens is 220 g/mol. The van der Waals surface area contributed by atoms with E-state index in [2.05, 4.69) is 9.97 Å². The van der Waals surface area contributed by atoms with Crippen molar-refractivity contribution in [3.63, 3.8) is 0 Å². The summed E-state index contributed by atoms with van der Waals surface area (Å²) in [6, 6.07) is 0. The van der Waals surface area contributed by atoms with E-state index in [-0.39, 0.29) is 17.3 Å². The molecule has 3 rings (SSSR count). The molecule has 0 amide bonds. The van der Waals surface area contributed by atoms with E-state index in [9.17, 15) is 4.79 Å². The maximum atomic E-state index is 12.2. The number of nitrogens with zero attached hydrogens (tertiary/aromatic N) is 1. The van der Waals surface area contributed by atoms with Gasteiger partial charge in [-0.15, -0.1) is 0 Å². The van der Waals surface area contributed by atoms with Crippen LogP contribution in [0.1, 0.15) is 29.9 Å². The SMILES string of the molecule is O=C(c1ncc[nH]1)C1CCOC2(CCOC2)C1. The van der Waals surface area contributed by atoms with Gasteiger partial charge in [0.2, 0.25) is 5.78 Å². The second-order valence-corrected chi connectivity index (χ2v) is 4.83. The molecule has 2 aliphatic heterocycles. The Bertz CT molecular complexity index is 396. The number of hydrogen-bond acceptors (Lipinski definition) is 4. The predicted molar refractivity (Wildman–Crippen MR) is 59.8 cm³/mol. The minimum atomic E-state index is -0.217. The number of H-pyrrole nitrogens is 1. The van der Waals surface area contributed by atoms with E-state index < -0.39 is 0 Å². The Morgan fingerprint density at radius 3 is 3.18 bits per heavy atom. The minimum Gasteiger partial charge on any atom is -0.378 e. The van der Waals surface area contributed by atoms with E-state index in [1.165, 1.54) is 0 Å². The van der Waals surface area contributed by atoms with Crippen molar-refractivity contribution >= 4 is 5.78 Å². The van der Waals surface area contributed by atoms with Crippen molar-refractivity contribution in [3.05, 3.63) is 18.2 Å². The lowest BCUT2D eigenvalue weighted by atomic mass is 9.83. The van der Waals surface area contributed by atoms with Gasteiger partial charge in [0.05, 0.1) is 12.2 Å². The van der Waals surface area contributed by atoms with Gasteiger partial charge in [0.25, 0.3) is 0 Å². The summed E-state index contributed by atoms with van der Waals surface area (Å²) in [5.41, 5.74) is -0.217. The maximum Gasteiger partial charge on any atom is 0.201 e. The molecule has 2 unspecified atom stereocenters. The van der Waals surface area contributed by atoms with Gasteiger partial charge in [-0.2, -0.15) is 0 Å². The van der Waals surface area contributed by atoms with Crippen molar-refractivity contribution in [2.24, 2.45) is 5.92 Å². The zero-order chi connectivity index (χ0) is 11.7. The molecule has 0 aromatic carbocycles. The van der Waals surface area contributed by atoms with Crippen LogP contribution in [-0.4, -0.2) is 41.2 Å². The largest absolute Gasteiger partial charge is 0.378 e. The third-order valence-corrected chi connectivity index (χ3v) is 3.66. The number of ketones is 1. The lowest BCUT2D eigenvalue weighted by Gasteiger charge is -2.36. The molecule has 1 aromatic heterocycles. The van der Waals surface area contributed by atoms with Crippen molar-refractivity contribution in [1.29, 1.82) is 0 Å². The Hall–Kier alpha value is -1.20. The van der Waals surface area contributed by atoms with E-state index in [4.69, 9.17) is 9.47 Å². The predicted octanol–water partition coefficient (Wildman–Crippen LogP) is 1.18. The van der Waals surface area contributed by atoms with Crippen LogP contribution in [0.25, 0.3) is 0 Å². The van der Waals surface area contributed by atoms with Crippen LogP contribution in [-0.2, 0) is 9.47 Å². The van der Waals surface area contributed by atoms with Gasteiger partial charge in [0.15, 0.2) is 5.82 Å². The summed E-state index contributed by atoms with van der Waals surface area (Å²) < 4.78 is 11.2. The van der Waals surface area contributed by atoms with Crippen molar-refractivity contribution in [1.82, 2.24) is 9.97 Å². The van der Waals surface area contributed by atoms with Crippen molar-refractivity contribution in [2.75, 3.05) is 19.8 Å². The fourth-order valence-electron chi connectivity index (χ4n) is 2.71. The molecule has 0 radical (unpaired) electrons. The summed E-state index contributed by atoms with van der Waals surface area (Å²) in [6.07, 6.45) is 5.73. The fraction of sp³-hybridized carbons (Fsp3) is 0.667. The van der Waals surface area contributed by atoms with Gasteiger partial charge in [0.1, 0.15) is 0 Å². The number of imidazole rings is 1. The molecule has 2 atom stereocenters. The molecule has 1 spiro atoms. The number of carbonyl (C=O) groups is 1. The number of rotatable bonds is 2. The Morgan fingerprint density at radius 1 is 1.53 bits per heavy atom. The van der Waals surface area contributed by atoms with Crippen LogP contribution in [0.3, 0.4) is 0 Å². The van der Waals surface area contributed by atoms with Gasteiger partial charge >= 0.3 is 0 Å². The lowest BCUT2D eigenvalue weighted by molar-refractivity contribution is -0.0921. The molecule has 3 heterocycles.